The van der Waals surface area contributed by atoms with E-state index in [1.807, 2.05) is 0 Å². The summed E-state index contributed by atoms with van der Waals surface area (Å²) < 4.78 is 72.2. The van der Waals surface area contributed by atoms with Gasteiger partial charge in [-0.15, -0.1) is 0 Å². The van der Waals surface area contributed by atoms with Gasteiger partial charge in [0.2, 0.25) is 35.7 Å². The lowest BCUT2D eigenvalue weighted by atomic mass is 10.1. The van der Waals surface area contributed by atoms with Crippen LogP contribution in [0, 0.1) is 0 Å². The molecule has 0 radical (unpaired) electrons. The van der Waals surface area contributed by atoms with Crippen LogP contribution in [0.25, 0.3) is 12.2 Å². The van der Waals surface area contributed by atoms with E-state index in [0.717, 1.165) is 12.1 Å². The highest BCUT2D eigenvalue weighted by Gasteiger charge is 2.23. The maximum Gasteiger partial charge on any atom is 0.335 e. The first-order chi connectivity index (χ1) is 34.8. The number of aliphatic hydroxyl groups excluding tert-OH is 4. The van der Waals surface area contributed by atoms with Gasteiger partial charge in [0.1, 0.15) is 9.79 Å². The number of hydrogen-bond acceptors (Lipinski definition) is 22. The van der Waals surface area contributed by atoms with Crippen LogP contribution in [-0.2, 0) is 20.2 Å². The van der Waals surface area contributed by atoms with Crippen molar-refractivity contribution in [2.45, 2.75) is 61.9 Å². The Morgan fingerprint density at radius 2 is 0.743 bits per heavy atom. The lowest BCUT2D eigenvalue weighted by molar-refractivity contribution is 0.0686. The van der Waals surface area contributed by atoms with Crippen LogP contribution in [0.4, 0.5) is 58.4 Å². The first kappa shape index (κ1) is 55.4. The van der Waals surface area contributed by atoms with Crippen molar-refractivity contribution in [1.29, 1.82) is 0 Å². The summed E-state index contributed by atoms with van der Waals surface area (Å²) in [7, 11) is -10.0. The van der Waals surface area contributed by atoms with Crippen molar-refractivity contribution in [1.82, 2.24) is 29.9 Å². The Hall–Kier alpha value is -7.96. The molecule has 0 aliphatic heterocycles. The molecular formula is C46H52N12O14S2. The van der Waals surface area contributed by atoms with E-state index in [9.17, 15) is 66.2 Å². The second-order valence-corrected chi connectivity index (χ2v) is 19.6. The summed E-state index contributed by atoms with van der Waals surface area (Å²) in [5.41, 5.74) is 0.538. The number of carbonyl (C=O) groups is 2. The van der Waals surface area contributed by atoms with Crippen LogP contribution in [0.5, 0.6) is 0 Å². The molecule has 0 bridgehead atoms. The number of benzene rings is 4. The van der Waals surface area contributed by atoms with Crippen molar-refractivity contribution in [3.8, 4) is 0 Å². The molecule has 74 heavy (non-hydrogen) atoms. The van der Waals surface area contributed by atoms with Crippen LogP contribution in [0.3, 0.4) is 0 Å². The number of nitrogens with zero attached hydrogens (tertiary/aromatic N) is 8. The monoisotopic (exact) mass is 1060 g/mol. The molecule has 6 rings (SSSR count). The van der Waals surface area contributed by atoms with Gasteiger partial charge in [-0.25, -0.2) is 9.59 Å². The van der Waals surface area contributed by atoms with Gasteiger partial charge < -0.3 is 61.7 Å². The smallest absolute Gasteiger partial charge is 0.335 e. The van der Waals surface area contributed by atoms with Crippen LogP contribution < -0.4 is 31.1 Å². The van der Waals surface area contributed by atoms with E-state index in [1.165, 1.54) is 122 Å². The number of rotatable bonds is 24. The van der Waals surface area contributed by atoms with E-state index < -0.39 is 66.4 Å². The summed E-state index contributed by atoms with van der Waals surface area (Å²) in [5.74, 6) is -2.88. The minimum absolute atomic E-state index is 0.0159. The van der Waals surface area contributed by atoms with Crippen molar-refractivity contribution in [3.63, 3.8) is 0 Å². The number of aromatic carboxylic acids is 2. The lowest BCUT2D eigenvalue weighted by Gasteiger charge is -2.26. The lowest BCUT2D eigenvalue weighted by Crippen LogP contribution is -2.37. The third-order valence-corrected chi connectivity index (χ3v) is 11.9. The van der Waals surface area contributed by atoms with Crippen LogP contribution in [0.2, 0.25) is 0 Å². The van der Waals surface area contributed by atoms with E-state index in [-0.39, 0.29) is 95.5 Å². The summed E-state index contributed by atoms with van der Waals surface area (Å²) in [4.78, 5) is 50.9. The average Bonchev–Trinajstić information content (AvgIpc) is 3.30. The third-order valence-electron chi connectivity index (χ3n) is 10.1. The van der Waals surface area contributed by atoms with E-state index in [0.29, 0.717) is 11.4 Å². The molecule has 28 heteroatoms. The first-order valence-corrected chi connectivity index (χ1v) is 25.1. The Morgan fingerprint density at radius 3 is 1.00 bits per heavy atom. The standard InChI is InChI=1S/C46H52N12O14S2/c1-25(59)21-57(22-26(2)60)45-53-41(47-33-13-9-31(10-14-33)39(63)64)51-43(55-45)49-35-17-7-29(37(19-35)73(67,68)69)5-6-30-8-18-36(20-38(30)74(70,71)72)50-44-52-42(48-34-15-11-32(12-16-34)40(65)66)54-46(56-44)58(23-27(3)61)24-28(4)62/h5-20,25-28,59-62H,21-24H2,1-4H3,(H,63,64)(H,65,66)(H,67,68,69)(H,70,71,72)(H2,47,49,51,53,55)(H2,48,50,52,54,56)/b6-5+. The van der Waals surface area contributed by atoms with Crippen LogP contribution in [0.1, 0.15) is 59.5 Å². The fourth-order valence-electron chi connectivity index (χ4n) is 7.02. The zero-order valence-corrected chi connectivity index (χ0v) is 41.4. The van der Waals surface area contributed by atoms with Crippen LogP contribution >= 0.6 is 0 Å². The zero-order valence-electron chi connectivity index (χ0n) is 39.8. The third kappa shape index (κ3) is 15.8. The topological polar surface area (TPSA) is 396 Å². The molecule has 26 nitrogen and oxygen atoms in total. The molecule has 0 aliphatic carbocycles. The summed E-state index contributed by atoms with van der Waals surface area (Å²) in [5, 5.41) is 71.2. The molecule has 6 aromatic rings. The van der Waals surface area contributed by atoms with Crippen LogP contribution in [0.15, 0.2) is 94.7 Å². The van der Waals surface area contributed by atoms with Crippen molar-refractivity contribution in [3.05, 3.63) is 107 Å². The van der Waals surface area contributed by atoms with Crippen LogP contribution in [-0.4, -0.2) is 149 Å². The molecule has 0 saturated heterocycles. The summed E-state index contributed by atoms with van der Waals surface area (Å²) in [6, 6.07) is 18.6. The number of anilines is 10. The Morgan fingerprint density at radius 1 is 0.473 bits per heavy atom. The summed E-state index contributed by atoms with van der Waals surface area (Å²) in [6.07, 6.45) is -1.28. The van der Waals surface area contributed by atoms with E-state index >= 15 is 0 Å². The molecule has 4 unspecified atom stereocenters. The van der Waals surface area contributed by atoms with Gasteiger partial charge in [0, 0.05) is 48.9 Å². The molecule has 0 fully saturated rings. The minimum atomic E-state index is -5.01. The number of hydrogen-bond donors (Lipinski definition) is 12. The average molecular weight is 1060 g/mol. The SMILES string of the molecule is CC(O)CN(CC(C)O)c1nc(Nc2ccc(C(=O)O)cc2)nc(Nc2ccc(/C=C/c3ccc(Nc4nc(Nc5ccc(C(=O)O)cc5)nc(N(CC(C)O)CC(C)O)n4)cc3S(=O)(=O)O)c(S(=O)(=O)O)c2)n1. The predicted octanol–water partition coefficient (Wildman–Crippen LogP) is 4.23. The minimum Gasteiger partial charge on any atom is -0.478 e. The van der Waals surface area contributed by atoms with Gasteiger partial charge in [-0.2, -0.15) is 46.7 Å². The number of nitrogens with one attached hydrogen (secondary N) is 4. The molecule has 12 N–H and O–H groups in total. The van der Waals surface area contributed by atoms with E-state index in [1.54, 1.807) is 0 Å². The van der Waals surface area contributed by atoms with Crippen molar-refractivity contribution < 1.29 is 66.2 Å². The fourth-order valence-corrected chi connectivity index (χ4v) is 8.44. The number of aliphatic hydroxyl groups is 4. The Bertz CT molecular complexity index is 3000. The quantitative estimate of drug-likeness (QED) is 0.0298. The predicted molar refractivity (Wildman–Crippen MR) is 272 cm³/mol. The molecule has 0 spiro atoms. The number of carboxylic acids is 2. The Kier molecular flexibility index (Phi) is 17.7. The normalized spacial score (nSPS) is 13.4. The van der Waals surface area contributed by atoms with E-state index in [4.69, 9.17) is 0 Å². The largest absolute Gasteiger partial charge is 0.478 e. The maximum absolute atomic E-state index is 12.9. The summed E-state index contributed by atoms with van der Waals surface area (Å²) >= 11 is 0. The molecule has 2 heterocycles. The molecule has 4 atom stereocenters. The molecule has 0 aliphatic rings. The van der Waals surface area contributed by atoms with E-state index in [2.05, 4.69) is 51.2 Å². The van der Waals surface area contributed by atoms with Crippen molar-refractivity contribution >= 4 is 103 Å². The van der Waals surface area contributed by atoms with Crippen molar-refractivity contribution in [2.75, 3.05) is 57.2 Å². The number of carboxylic acid groups (broad SMARTS) is 2. The van der Waals surface area contributed by atoms with Gasteiger partial charge in [0.15, 0.2) is 0 Å². The van der Waals surface area contributed by atoms with Gasteiger partial charge in [-0.05, 0) is 112 Å². The highest BCUT2D eigenvalue weighted by Crippen LogP contribution is 2.30. The van der Waals surface area contributed by atoms with Gasteiger partial charge in [-0.1, -0.05) is 24.3 Å². The molecule has 4 aromatic carbocycles. The Balaban J connectivity index is 1.33. The molecular weight excluding hydrogens is 1010 g/mol. The molecule has 0 saturated carbocycles. The second-order valence-electron chi connectivity index (χ2n) is 16.8. The fraction of sp³-hybridized carbons (Fsp3) is 0.261. The van der Waals surface area contributed by atoms with Gasteiger partial charge in [0.25, 0.3) is 20.2 Å². The highest BCUT2D eigenvalue weighted by atomic mass is 32.2. The maximum atomic E-state index is 12.9. The number of aromatic nitrogens is 6. The Labute approximate surface area is 423 Å². The van der Waals surface area contributed by atoms with Gasteiger partial charge >= 0.3 is 11.9 Å². The first-order valence-electron chi connectivity index (χ1n) is 22.2. The van der Waals surface area contributed by atoms with Gasteiger partial charge in [0.05, 0.1) is 35.5 Å². The summed E-state index contributed by atoms with van der Waals surface area (Å²) in [6.45, 7) is 5.93. The van der Waals surface area contributed by atoms with Crippen molar-refractivity contribution in [2.24, 2.45) is 0 Å². The molecule has 0 amide bonds. The second kappa shape index (κ2) is 23.7. The molecule has 2 aromatic heterocycles. The van der Waals surface area contributed by atoms with Gasteiger partial charge in [-0.3, -0.25) is 9.11 Å². The highest BCUT2D eigenvalue weighted by molar-refractivity contribution is 7.86. The molecule has 392 valence electrons. The zero-order chi connectivity index (χ0) is 54.1.